The van der Waals surface area contributed by atoms with Crippen molar-refractivity contribution < 1.29 is 14.3 Å². The normalized spacial score (nSPS) is 24.2. The lowest BCUT2D eigenvalue weighted by atomic mass is 10.1. The zero-order valence-corrected chi connectivity index (χ0v) is 17.1. The zero-order valence-electron chi connectivity index (χ0n) is 15.4. The van der Waals surface area contributed by atoms with Crippen LogP contribution in [0.5, 0.6) is 5.75 Å². The van der Waals surface area contributed by atoms with E-state index in [1.807, 2.05) is 38.1 Å². The predicted octanol–water partition coefficient (Wildman–Crippen LogP) is 3.52. The highest BCUT2D eigenvalue weighted by Gasteiger charge is 2.52. The van der Waals surface area contributed by atoms with E-state index in [9.17, 15) is 9.59 Å². The van der Waals surface area contributed by atoms with Crippen LogP contribution < -0.4 is 10.1 Å². The molecule has 2 aromatic rings. The Hall–Kier alpha value is -2.06. The van der Waals surface area contributed by atoms with Crippen molar-refractivity contribution in [3.8, 4) is 17.0 Å². The van der Waals surface area contributed by atoms with Gasteiger partial charge in [-0.15, -0.1) is 23.1 Å². The number of benzene rings is 1. The van der Waals surface area contributed by atoms with Crippen molar-refractivity contribution in [3.63, 3.8) is 0 Å². The third-order valence-corrected chi connectivity index (χ3v) is 7.53. The number of ether oxygens (including phenoxy) is 1. The van der Waals surface area contributed by atoms with E-state index in [0.29, 0.717) is 17.3 Å². The number of aryl methyl sites for hydroxylation is 1. The Bertz CT molecular complexity index is 896. The number of amides is 2. The van der Waals surface area contributed by atoms with Gasteiger partial charge in [-0.05, 0) is 44.5 Å². The van der Waals surface area contributed by atoms with Gasteiger partial charge >= 0.3 is 0 Å². The second-order valence-corrected chi connectivity index (χ2v) is 9.61. The highest BCUT2D eigenvalue weighted by Crippen LogP contribution is 2.47. The molecule has 1 aromatic carbocycles. The van der Waals surface area contributed by atoms with Crippen LogP contribution in [0.2, 0.25) is 0 Å². The van der Waals surface area contributed by atoms with E-state index in [0.717, 1.165) is 28.3 Å². The van der Waals surface area contributed by atoms with Gasteiger partial charge in [-0.2, -0.15) is 0 Å². The van der Waals surface area contributed by atoms with Crippen LogP contribution in [0.25, 0.3) is 11.3 Å². The molecule has 3 heterocycles. The van der Waals surface area contributed by atoms with Crippen LogP contribution in [0.3, 0.4) is 0 Å². The number of methoxy groups -OCH3 is 1. The van der Waals surface area contributed by atoms with Crippen molar-refractivity contribution in [2.24, 2.45) is 0 Å². The maximum absolute atomic E-state index is 12.8. The summed E-state index contributed by atoms with van der Waals surface area (Å²) in [6.45, 7) is 4.03. The lowest BCUT2D eigenvalue weighted by molar-refractivity contribution is -0.135. The second kappa shape index (κ2) is 6.83. The monoisotopic (exact) mass is 403 g/mol. The molecule has 2 aliphatic heterocycles. The van der Waals surface area contributed by atoms with Gasteiger partial charge in [0.2, 0.25) is 11.8 Å². The van der Waals surface area contributed by atoms with Gasteiger partial charge in [-0.3, -0.25) is 9.59 Å². The molecule has 0 spiro atoms. The average Bonchev–Trinajstić information content (AvgIpc) is 3.28. The van der Waals surface area contributed by atoms with Crippen LogP contribution in [0.1, 0.15) is 24.6 Å². The maximum Gasteiger partial charge on any atom is 0.249 e. The van der Waals surface area contributed by atoms with Crippen molar-refractivity contribution in [2.75, 3.05) is 18.2 Å². The number of anilines is 1. The third-order valence-electron chi connectivity index (χ3n) is 5.14. The number of thiazole rings is 1. The molecule has 2 aliphatic rings. The third kappa shape index (κ3) is 3.21. The number of thioether (sulfide) groups is 1. The molecule has 2 atom stereocenters. The summed E-state index contributed by atoms with van der Waals surface area (Å²) in [5.74, 6) is 1.33. The topological polar surface area (TPSA) is 71.5 Å². The highest BCUT2D eigenvalue weighted by molar-refractivity contribution is 8.01. The molecule has 0 aliphatic carbocycles. The fraction of sp³-hybridized carbons (Fsp3) is 0.421. The number of nitrogens with zero attached hydrogens (tertiary/aromatic N) is 2. The smallest absolute Gasteiger partial charge is 0.249 e. The van der Waals surface area contributed by atoms with E-state index in [4.69, 9.17) is 4.74 Å². The SMILES string of the molecule is COc1ccc(-c2nc(NC(=O)[C@H]3CS[C@]4(C)CCC(=O)N34)sc2C)cc1. The second-order valence-electron chi connectivity index (χ2n) is 6.91. The first-order chi connectivity index (χ1) is 12.9. The average molecular weight is 404 g/mol. The number of fused-ring (bicyclic) bond motifs is 1. The van der Waals surface area contributed by atoms with E-state index in [2.05, 4.69) is 10.3 Å². The highest BCUT2D eigenvalue weighted by atomic mass is 32.2. The summed E-state index contributed by atoms with van der Waals surface area (Å²) < 4.78 is 5.19. The Morgan fingerprint density at radius 1 is 1.37 bits per heavy atom. The fourth-order valence-corrected chi connectivity index (χ4v) is 5.94. The molecule has 8 heteroatoms. The largest absolute Gasteiger partial charge is 0.497 e. The van der Waals surface area contributed by atoms with Crippen molar-refractivity contribution in [2.45, 2.75) is 37.6 Å². The molecule has 2 fully saturated rings. The number of hydrogen-bond donors (Lipinski definition) is 1. The summed E-state index contributed by atoms with van der Waals surface area (Å²) in [5, 5.41) is 3.49. The molecule has 1 aromatic heterocycles. The molecule has 1 N–H and O–H groups in total. The molecule has 0 unspecified atom stereocenters. The zero-order chi connectivity index (χ0) is 19.2. The summed E-state index contributed by atoms with van der Waals surface area (Å²) in [5.41, 5.74) is 1.82. The molecule has 2 amide bonds. The number of hydrogen-bond acceptors (Lipinski definition) is 6. The van der Waals surface area contributed by atoms with Crippen LogP contribution >= 0.6 is 23.1 Å². The van der Waals surface area contributed by atoms with Crippen molar-refractivity contribution >= 4 is 40.0 Å². The number of carbonyl (C=O) groups is 2. The molecule has 0 saturated carbocycles. The van der Waals surface area contributed by atoms with Gasteiger partial charge in [0, 0.05) is 22.6 Å². The van der Waals surface area contributed by atoms with Crippen LogP contribution in [0, 0.1) is 6.92 Å². The summed E-state index contributed by atoms with van der Waals surface area (Å²) in [6, 6.07) is 7.26. The summed E-state index contributed by atoms with van der Waals surface area (Å²) >= 11 is 3.14. The number of aromatic nitrogens is 1. The molecule has 142 valence electrons. The van der Waals surface area contributed by atoms with Crippen LogP contribution in [-0.2, 0) is 9.59 Å². The maximum atomic E-state index is 12.8. The van der Waals surface area contributed by atoms with E-state index in [1.54, 1.807) is 23.8 Å². The van der Waals surface area contributed by atoms with Gasteiger partial charge in [0.15, 0.2) is 5.13 Å². The van der Waals surface area contributed by atoms with E-state index >= 15 is 0 Å². The molecule has 27 heavy (non-hydrogen) atoms. The first-order valence-corrected chi connectivity index (χ1v) is 10.6. The molecular formula is C19H21N3O3S2. The standard InChI is InChI=1S/C19H21N3O3S2/c1-11-16(12-4-6-13(25-3)7-5-12)20-18(27-11)21-17(24)14-10-26-19(2)9-8-15(23)22(14)19/h4-7,14H,8-10H2,1-3H3,(H,20,21,24)/t14-,19-/m1/s1. The van der Waals surface area contributed by atoms with Crippen molar-refractivity contribution in [1.29, 1.82) is 0 Å². The number of nitrogens with one attached hydrogen (secondary N) is 1. The molecule has 2 saturated heterocycles. The van der Waals surface area contributed by atoms with Gasteiger partial charge in [-0.25, -0.2) is 4.98 Å². The minimum atomic E-state index is -0.427. The summed E-state index contributed by atoms with van der Waals surface area (Å²) in [6.07, 6.45) is 1.32. The summed E-state index contributed by atoms with van der Waals surface area (Å²) in [4.78, 5) is 32.2. The molecule has 4 rings (SSSR count). The number of rotatable bonds is 4. The molecule has 0 radical (unpaired) electrons. The van der Waals surface area contributed by atoms with Crippen LogP contribution in [0.15, 0.2) is 24.3 Å². The van der Waals surface area contributed by atoms with Gasteiger partial charge < -0.3 is 15.0 Å². The lowest BCUT2D eigenvalue weighted by Gasteiger charge is -2.29. The van der Waals surface area contributed by atoms with E-state index in [-0.39, 0.29) is 16.7 Å². The number of carbonyl (C=O) groups excluding carboxylic acids is 2. The van der Waals surface area contributed by atoms with Crippen LogP contribution in [-0.4, -0.2) is 45.5 Å². The van der Waals surface area contributed by atoms with Crippen molar-refractivity contribution in [3.05, 3.63) is 29.1 Å². The van der Waals surface area contributed by atoms with E-state index in [1.165, 1.54) is 11.3 Å². The Balaban J connectivity index is 1.52. The van der Waals surface area contributed by atoms with E-state index < -0.39 is 6.04 Å². The fourth-order valence-electron chi connectivity index (χ4n) is 3.67. The Morgan fingerprint density at radius 2 is 2.11 bits per heavy atom. The van der Waals surface area contributed by atoms with Gasteiger partial charge in [-0.1, -0.05) is 0 Å². The van der Waals surface area contributed by atoms with Gasteiger partial charge in [0.05, 0.1) is 17.7 Å². The quantitative estimate of drug-likeness (QED) is 0.846. The Morgan fingerprint density at radius 3 is 2.81 bits per heavy atom. The van der Waals surface area contributed by atoms with Gasteiger partial charge in [0.25, 0.3) is 0 Å². The Labute approximate surface area is 166 Å². The predicted molar refractivity (Wildman–Crippen MR) is 108 cm³/mol. The molecule has 0 bridgehead atoms. The molecular weight excluding hydrogens is 382 g/mol. The Kier molecular flexibility index (Phi) is 4.63. The first-order valence-electron chi connectivity index (χ1n) is 8.80. The van der Waals surface area contributed by atoms with Gasteiger partial charge in [0.1, 0.15) is 11.8 Å². The molecule has 6 nitrogen and oxygen atoms in total. The van der Waals surface area contributed by atoms with Crippen molar-refractivity contribution in [1.82, 2.24) is 9.88 Å². The lowest BCUT2D eigenvalue weighted by Crippen LogP contribution is -2.48. The minimum Gasteiger partial charge on any atom is -0.497 e. The first kappa shape index (κ1) is 18.3. The summed E-state index contributed by atoms with van der Waals surface area (Å²) in [7, 11) is 1.63. The minimum absolute atomic E-state index is 0.0666. The van der Waals surface area contributed by atoms with Crippen LogP contribution in [0.4, 0.5) is 5.13 Å².